The molecule has 0 aromatic rings. The largest absolute Gasteiger partial charge is 0.462 e. The van der Waals surface area contributed by atoms with E-state index in [4.69, 9.17) is 14.2 Å². The van der Waals surface area contributed by atoms with Crippen molar-refractivity contribution >= 4 is 17.9 Å². The van der Waals surface area contributed by atoms with Gasteiger partial charge in [0.25, 0.3) is 0 Å². The van der Waals surface area contributed by atoms with Crippen molar-refractivity contribution in [3.63, 3.8) is 0 Å². The maximum Gasteiger partial charge on any atom is 0.306 e. The lowest BCUT2D eigenvalue weighted by molar-refractivity contribution is -0.166. The molecule has 6 heteroatoms. The molecule has 1 unspecified atom stereocenters. The molecule has 0 aliphatic heterocycles. The van der Waals surface area contributed by atoms with Crippen LogP contribution in [0.1, 0.15) is 367 Å². The SMILES string of the molecule is CC/C=C\C/C=C\C/C=C\C/C=C\C/C=C\C/C=C\CCC(=O)OC(COC(=O)CCCCCCC/C=C\CCCCCCCCC)COC(=O)CCCCCCCCCCCCCCCCCCCCCCCCCCCCCCCC. The average molecular weight is 1160 g/mol. The minimum absolute atomic E-state index is 0.106. The highest BCUT2D eigenvalue weighted by Gasteiger charge is 2.19. The highest BCUT2D eigenvalue weighted by molar-refractivity contribution is 5.71. The summed E-state index contributed by atoms with van der Waals surface area (Å²) in [7, 11) is 0. The summed E-state index contributed by atoms with van der Waals surface area (Å²) in [4.78, 5) is 38.4. The Labute approximate surface area is 515 Å². The lowest BCUT2D eigenvalue weighted by Crippen LogP contribution is -2.30. The summed E-state index contributed by atoms with van der Waals surface area (Å²) in [6.45, 7) is 6.51. The van der Waals surface area contributed by atoms with E-state index in [-0.39, 0.29) is 37.5 Å². The van der Waals surface area contributed by atoms with Gasteiger partial charge in [0, 0.05) is 19.3 Å². The zero-order valence-electron chi connectivity index (χ0n) is 55.2. The van der Waals surface area contributed by atoms with Gasteiger partial charge in [0.15, 0.2) is 6.10 Å². The van der Waals surface area contributed by atoms with Crippen LogP contribution >= 0.6 is 0 Å². The van der Waals surface area contributed by atoms with Crippen LogP contribution in [0.25, 0.3) is 0 Å². The van der Waals surface area contributed by atoms with Crippen LogP contribution in [-0.4, -0.2) is 37.2 Å². The highest BCUT2D eigenvalue weighted by atomic mass is 16.6. The monoisotopic (exact) mass is 1160 g/mol. The first kappa shape index (κ1) is 79.6. The van der Waals surface area contributed by atoms with Crippen LogP contribution in [0.15, 0.2) is 85.1 Å². The molecule has 0 saturated carbocycles. The second-order valence-corrected chi connectivity index (χ2v) is 24.1. The topological polar surface area (TPSA) is 78.9 Å². The molecule has 0 fully saturated rings. The zero-order valence-corrected chi connectivity index (χ0v) is 55.2. The molecule has 1 atom stereocenters. The van der Waals surface area contributed by atoms with Crippen molar-refractivity contribution < 1.29 is 28.6 Å². The highest BCUT2D eigenvalue weighted by Crippen LogP contribution is 2.18. The van der Waals surface area contributed by atoms with Crippen molar-refractivity contribution in [3.8, 4) is 0 Å². The molecule has 480 valence electrons. The molecular weight excluding hydrogens is 1020 g/mol. The second-order valence-electron chi connectivity index (χ2n) is 24.1. The van der Waals surface area contributed by atoms with Crippen LogP contribution < -0.4 is 0 Å². The molecule has 6 nitrogen and oxygen atoms in total. The minimum atomic E-state index is -0.821. The number of unbranched alkanes of at least 4 members (excludes halogenated alkanes) is 41. The Balaban J connectivity index is 4.30. The standard InChI is InChI=1S/C77H136O6/c1-4-7-10-13-16-19-22-25-28-31-33-34-35-36-37-38-39-40-41-42-43-45-46-49-52-55-58-61-64-67-70-76(79)82-73-74(72-81-75(78)69-66-63-60-57-54-51-48-30-27-24-21-18-15-12-9-6-3)83-77(80)71-68-65-62-59-56-53-50-47-44-32-29-26-23-20-17-14-11-8-5-2/h8,11,17,20,26,29-30,44,47-48,53,56,62,65,74H,4-7,9-10,12-16,18-19,21-25,27-28,31-43,45-46,49-52,54-55,57-61,63-64,66-73H2,1-3H3/b11-8-,20-17-,29-26-,47-44-,48-30-,56-53-,65-62-. The van der Waals surface area contributed by atoms with Gasteiger partial charge in [-0.1, -0.05) is 350 Å². The van der Waals surface area contributed by atoms with E-state index in [1.807, 2.05) is 6.08 Å². The van der Waals surface area contributed by atoms with Crippen molar-refractivity contribution in [1.82, 2.24) is 0 Å². The average Bonchev–Trinajstić information content (AvgIpc) is 3.49. The van der Waals surface area contributed by atoms with Gasteiger partial charge in [-0.15, -0.1) is 0 Å². The third-order valence-electron chi connectivity index (χ3n) is 15.9. The number of rotatable bonds is 66. The van der Waals surface area contributed by atoms with E-state index in [0.717, 1.165) is 83.5 Å². The third kappa shape index (κ3) is 69.3. The van der Waals surface area contributed by atoms with Gasteiger partial charge >= 0.3 is 17.9 Å². The van der Waals surface area contributed by atoms with Gasteiger partial charge < -0.3 is 14.2 Å². The maximum absolute atomic E-state index is 12.9. The van der Waals surface area contributed by atoms with E-state index in [1.165, 1.54) is 238 Å². The van der Waals surface area contributed by atoms with Crippen LogP contribution in [0.2, 0.25) is 0 Å². The van der Waals surface area contributed by atoms with E-state index < -0.39 is 6.10 Å². The Kier molecular flexibility index (Phi) is 68.2. The molecule has 0 bridgehead atoms. The van der Waals surface area contributed by atoms with E-state index in [2.05, 4.69) is 99.8 Å². The van der Waals surface area contributed by atoms with Crippen molar-refractivity contribution in [3.05, 3.63) is 85.1 Å². The lowest BCUT2D eigenvalue weighted by Gasteiger charge is -2.18. The molecule has 0 rings (SSSR count). The van der Waals surface area contributed by atoms with Gasteiger partial charge in [-0.2, -0.15) is 0 Å². The molecule has 0 aliphatic rings. The minimum Gasteiger partial charge on any atom is -0.462 e. The predicted molar refractivity (Wildman–Crippen MR) is 362 cm³/mol. The molecule has 0 N–H and O–H groups in total. The summed E-state index contributed by atoms with van der Waals surface area (Å²) in [5.41, 5.74) is 0. The van der Waals surface area contributed by atoms with Gasteiger partial charge in [-0.25, -0.2) is 0 Å². The van der Waals surface area contributed by atoms with Crippen LogP contribution in [0, 0.1) is 0 Å². The van der Waals surface area contributed by atoms with Crippen LogP contribution in [-0.2, 0) is 28.6 Å². The van der Waals surface area contributed by atoms with Crippen LogP contribution in [0.3, 0.4) is 0 Å². The first-order valence-electron chi connectivity index (χ1n) is 36.1. The van der Waals surface area contributed by atoms with Crippen molar-refractivity contribution in [2.75, 3.05) is 13.2 Å². The number of carbonyl (C=O) groups excluding carboxylic acids is 3. The quantitative estimate of drug-likeness (QED) is 0.0261. The molecule has 0 spiro atoms. The number of hydrogen-bond donors (Lipinski definition) is 0. The fourth-order valence-corrected chi connectivity index (χ4v) is 10.5. The molecule has 0 aromatic carbocycles. The molecule has 0 amide bonds. The molecule has 0 saturated heterocycles. The smallest absolute Gasteiger partial charge is 0.306 e. The normalized spacial score (nSPS) is 12.6. The molecule has 0 aromatic heterocycles. The summed E-state index contributed by atoms with van der Waals surface area (Å²) in [6.07, 6.45) is 95.0. The summed E-state index contributed by atoms with van der Waals surface area (Å²) in [6, 6.07) is 0. The molecule has 0 aliphatic carbocycles. The number of esters is 3. The van der Waals surface area contributed by atoms with Crippen molar-refractivity contribution in [2.24, 2.45) is 0 Å². The molecule has 0 heterocycles. The number of carbonyl (C=O) groups is 3. The van der Waals surface area contributed by atoms with E-state index in [1.54, 1.807) is 0 Å². The summed E-state index contributed by atoms with van der Waals surface area (Å²) >= 11 is 0. The van der Waals surface area contributed by atoms with Crippen molar-refractivity contribution in [2.45, 2.75) is 374 Å². The van der Waals surface area contributed by atoms with Crippen molar-refractivity contribution in [1.29, 1.82) is 0 Å². The predicted octanol–water partition coefficient (Wildman–Crippen LogP) is 25.0. The lowest BCUT2D eigenvalue weighted by atomic mass is 10.0. The number of allylic oxidation sites excluding steroid dienone is 14. The Morgan fingerprint density at radius 3 is 0.783 bits per heavy atom. The fraction of sp³-hybridized carbons (Fsp3) is 0.779. The fourth-order valence-electron chi connectivity index (χ4n) is 10.5. The summed E-state index contributed by atoms with van der Waals surface area (Å²) in [5.74, 6) is -0.982. The Morgan fingerprint density at radius 2 is 0.494 bits per heavy atom. The van der Waals surface area contributed by atoms with Gasteiger partial charge in [-0.3, -0.25) is 14.4 Å². The van der Waals surface area contributed by atoms with Gasteiger partial charge in [-0.05, 0) is 83.5 Å². The number of hydrogen-bond acceptors (Lipinski definition) is 6. The Hall–Kier alpha value is -3.41. The Bertz CT molecular complexity index is 1570. The zero-order chi connectivity index (χ0) is 59.9. The summed E-state index contributed by atoms with van der Waals surface area (Å²) in [5, 5.41) is 0. The first-order chi connectivity index (χ1) is 41.0. The first-order valence-corrected chi connectivity index (χ1v) is 36.1. The van der Waals surface area contributed by atoms with E-state index >= 15 is 0 Å². The summed E-state index contributed by atoms with van der Waals surface area (Å²) < 4.78 is 16.9. The van der Waals surface area contributed by atoms with Crippen LogP contribution in [0.5, 0.6) is 0 Å². The van der Waals surface area contributed by atoms with Gasteiger partial charge in [0.05, 0.1) is 0 Å². The number of ether oxygens (including phenoxy) is 3. The third-order valence-corrected chi connectivity index (χ3v) is 15.9. The van der Waals surface area contributed by atoms with Gasteiger partial charge in [0.2, 0.25) is 0 Å². The molecular formula is C77H136O6. The van der Waals surface area contributed by atoms with E-state index in [0.29, 0.717) is 19.3 Å². The second kappa shape index (κ2) is 71.1. The molecule has 0 radical (unpaired) electrons. The Morgan fingerprint density at radius 1 is 0.253 bits per heavy atom. The van der Waals surface area contributed by atoms with Crippen LogP contribution in [0.4, 0.5) is 0 Å². The van der Waals surface area contributed by atoms with E-state index in [9.17, 15) is 14.4 Å². The maximum atomic E-state index is 12.9. The molecule has 83 heavy (non-hydrogen) atoms. The van der Waals surface area contributed by atoms with Gasteiger partial charge in [0.1, 0.15) is 13.2 Å².